The van der Waals surface area contributed by atoms with Gasteiger partial charge >= 0.3 is 6.01 Å². The molecular weight excluding hydrogens is 263 g/mol. The number of nitrogens with two attached hydrogens (primary N) is 1. The summed E-state index contributed by atoms with van der Waals surface area (Å²) in [6.07, 6.45) is 0. The van der Waals surface area contributed by atoms with E-state index in [0.717, 1.165) is 5.56 Å². The normalized spacial score (nSPS) is 10.3. The Labute approximate surface area is 108 Å². The average Bonchev–Trinajstić information content (AvgIpc) is 2.21. The zero-order valence-electron chi connectivity index (χ0n) is 8.82. The molecule has 0 saturated carbocycles. The van der Waals surface area contributed by atoms with Crippen LogP contribution in [-0.4, -0.2) is 15.0 Å². The fraction of sp³-hybridized carbons (Fsp3) is 0.100. The Morgan fingerprint density at radius 3 is 2.59 bits per heavy atom. The fourth-order valence-electron chi connectivity index (χ4n) is 1.18. The maximum atomic E-state index is 6.00. The molecule has 88 valence electrons. The van der Waals surface area contributed by atoms with Crippen molar-refractivity contribution < 1.29 is 4.74 Å². The van der Waals surface area contributed by atoms with Crippen LogP contribution in [0.15, 0.2) is 18.2 Å². The molecule has 5 nitrogen and oxygen atoms in total. The molecule has 7 heteroatoms. The van der Waals surface area contributed by atoms with E-state index in [4.69, 9.17) is 33.7 Å². The fourth-order valence-corrected chi connectivity index (χ4v) is 1.61. The molecule has 0 atom stereocenters. The molecule has 0 amide bonds. The third-order valence-electron chi connectivity index (χ3n) is 1.89. The van der Waals surface area contributed by atoms with Gasteiger partial charge in [0, 0.05) is 0 Å². The highest BCUT2D eigenvalue weighted by Gasteiger charge is 2.08. The molecule has 0 fully saturated rings. The second kappa shape index (κ2) is 4.73. The van der Waals surface area contributed by atoms with Crippen molar-refractivity contribution in [3.8, 4) is 11.8 Å². The van der Waals surface area contributed by atoms with E-state index in [1.165, 1.54) is 0 Å². The van der Waals surface area contributed by atoms with Gasteiger partial charge in [0.05, 0.1) is 5.02 Å². The number of hydrogen-bond donors (Lipinski definition) is 1. The van der Waals surface area contributed by atoms with Gasteiger partial charge in [-0.25, -0.2) is 0 Å². The van der Waals surface area contributed by atoms with E-state index in [0.29, 0.717) is 10.8 Å². The van der Waals surface area contributed by atoms with Crippen molar-refractivity contribution in [2.45, 2.75) is 6.92 Å². The number of hydrogen-bond acceptors (Lipinski definition) is 5. The lowest BCUT2D eigenvalue weighted by Crippen LogP contribution is -2.00. The molecule has 0 bridgehead atoms. The van der Waals surface area contributed by atoms with Crippen LogP contribution in [0.5, 0.6) is 11.8 Å². The summed E-state index contributed by atoms with van der Waals surface area (Å²) < 4.78 is 5.37. The Kier molecular flexibility index (Phi) is 3.31. The van der Waals surface area contributed by atoms with Crippen LogP contribution in [0.3, 0.4) is 0 Å². The predicted octanol–water partition coefficient (Wildman–Crippen LogP) is 2.86. The first-order chi connectivity index (χ1) is 8.04. The molecule has 1 aromatic heterocycles. The first kappa shape index (κ1) is 11.9. The minimum absolute atomic E-state index is 0.00764. The van der Waals surface area contributed by atoms with Crippen molar-refractivity contribution in [3.63, 3.8) is 0 Å². The van der Waals surface area contributed by atoms with Crippen LogP contribution in [0.1, 0.15) is 5.56 Å². The molecule has 0 spiro atoms. The highest BCUT2D eigenvalue weighted by atomic mass is 35.5. The number of halogens is 2. The highest BCUT2D eigenvalue weighted by Crippen LogP contribution is 2.28. The monoisotopic (exact) mass is 270 g/mol. The van der Waals surface area contributed by atoms with Gasteiger partial charge in [-0.1, -0.05) is 17.7 Å². The topological polar surface area (TPSA) is 73.9 Å². The second-order valence-corrected chi connectivity index (χ2v) is 4.03. The van der Waals surface area contributed by atoms with Crippen molar-refractivity contribution in [3.05, 3.63) is 34.1 Å². The van der Waals surface area contributed by atoms with E-state index < -0.39 is 0 Å². The smallest absolute Gasteiger partial charge is 0.328 e. The number of rotatable bonds is 2. The molecule has 0 aliphatic rings. The van der Waals surface area contributed by atoms with Gasteiger partial charge in [0.25, 0.3) is 0 Å². The molecule has 17 heavy (non-hydrogen) atoms. The van der Waals surface area contributed by atoms with Crippen LogP contribution in [-0.2, 0) is 0 Å². The molecule has 0 aliphatic carbocycles. The van der Waals surface area contributed by atoms with Crippen molar-refractivity contribution in [1.29, 1.82) is 0 Å². The SMILES string of the molecule is Cc1ccc(Oc2nc(N)nc(Cl)n2)c(Cl)c1. The number of benzene rings is 1. The lowest BCUT2D eigenvalue weighted by atomic mass is 10.2. The van der Waals surface area contributed by atoms with E-state index in [1.807, 2.05) is 13.0 Å². The third-order valence-corrected chi connectivity index (χ3v) is 2.36. The minimum Gasteiger partial charge on any atom is -0.423 e. The maximum Gasteiger partial charge on any atom is 0.328 e. The van der Waals surface area contributed by atoms with Gasteiger partial charge in [-0.3, -0.25) is 0 Å². The summed E-state index contributed by atoms with van der Waals surface area (Å²) in [7, 11) is 0. The zero-order chi connectivity index (χ0) is 12.4. The third kappa shape index (κ3) is 2.95. The van der Waals surface area contributed by atoms with Gasteiger partial charge in [0.2, 0.25) is 11.2 Å². The standard InChI is InChI=1S/C10H8Cl2N4O/c1-5-2-3-7(6(11)4-5)17-10-15-8(12)14-9(13)16-10/h2-4H,1H3,(H2,13,14,15,16). The van der Waals surface area contributed by atoms with Gasteiger partial charge < -0.3 is 10.5 Å². The molecule has 2 N–H and O–H groups in total. The molecule has 1 aromatic carbocycles. The molecular formula is C10H8Cl2N4O. The van der Waals surface area contributed by atoms with Crippen LogP contribution in [0.25, 0.3) is 0 Å². The van der Waals surface area contributed by atoms with Crippen LogP contribution >= 0.6 is 23.2 Å². The summed E-state index contributed by atoms with van der Waals surface area (Å²) in [6.45, 7) is 1.92. The quantitative estimate of drug-likeness (QED) is 0.909. The molecule has 2 rings (SSSR count). The minimum atomic E-state index is -0.0317. The Balaban J connectivity index is 2.31. The van der Waals surface area contributed by atoms with Gasteiger partial charge in [-0.05, 0) is 36.2 Å². The van der Waals surface area contributed by atoms with E-state index in [-0.39, 0.29) is 17.2 Å². The Hall–Kier alpha value is -1.59. The summed E-state index contributed by atoms with van der Waals surface area (Å²) in [6, 6.07) is 5.34. The number of nitrogens with zero attached hydrogens (tertiary/aromatic N) is 3. The van der Waals surface area contributed by atoms with Gasteiger partial charge in [-0.2, -0.15) is 15.0 Å². The molecule has 0 aliphatic heterocycles. The van der Waals surface area contributed by atoms with Crippen molar-refractivity contribution in [2.24, 2.45) is 0 Å². The summed E-state index contributed by atoms with van der Waals surface area (Å²) in [5, 5.41) is 0.427. The first-order valence-electron chi connectivity index (χ1n) is 4.65. The lowest BCUT2D eigenvalue weighted by molar-refractivity contribution is 0.441. The van der Waals surface area contributed by atoms with Crippen LogP contribution in [0.2, 0.25) is 10.3 Å². The molecule has 2 aromatic rings. The summed E-state index contributed by atoms with van der Waals surface area (Å²) in [5.74, 6) is 0.419. The largest absolute Gasteiger partial charge is 0.423 e. The maximum absolute atomic E-state index is 6.00. The second-order valence-electron chi connectivity index (χ2n) is 3.28. The van der Waals surface area contributed by atoms with Gasteiger partial charge in [0.15, 0.2) is 0 Å². The number of anilines is 1. The first-order valence-corrected chi connectivity index (χ1v) is 5.41. The van der Waals surface area contributed by atoms with Crippen molar-refractivity contribution >= 4 is 29.2 Å². The van der Waals surface area contributed by atoms with E-state index in [2.05, 4.69) is 15.0 Å². The Morgan fingerprint density at radius 2 is 1.94 bits per heavy atom. The van der Waals surface area contributed by atoms with Gasteiger partial charge in [0.1, 0.15) is 5.75 Å². The van der Waals surface area contributed by atoms with Crippen molar-refractivity contribution in [2.75, 3.05) is 5.73 Å². The number of ether oxygens (including phenoxy) is 1. The predicted molar refractivity (Wildman–Crippen MR) is 65.5 cm³/mol. The Bertz CT molecular complexity index is 542. The molecule has 0 unspecified atom stereocenters. The number of aromatic nitrogens is 3. The summed E-state index contributed by atoms with van der Waals surface area (Å²) >= 11 is 11.6. The van der Waals surface area contributed by atoms with E-state index >= 15 is 0 Å². The number of nitrogen functional groups attached to an aromatic ring is 1. The van der Waals surface area contributed by atoms with E-state index in [9.17, 15) is 0 Å². The van der Waals surface area contributed by atoms with Gasteiger partial charge in [-0.15, -0.1) is 0 Å². The summed E-state index contributed by atoms with van der Waals surface area (Å²) in [4.78, 5) is 11.2. The average molecular weight is 271 g/mol. The molecule has 0 radical (unpaired) electrons. The van der Waals surface area contributed by atoms with E-state index in [1.54, 1.807) is 12.1 Å². The summed E-state index contributed by atoms with van der Waals surface area (Å²) in [5.41, 5.74) is 6.44. The molecule has 1 heterocycles. The van der Waals surface area contributed by atoms with Crippen LogP contribution in [0, 0.1) is 6.92 Å². The van der Waals surface area contributed by atoms with Crippen LogP contribution in [0.4, 0.5) is 5.95 Å². The lowest BCUT2D eigenvalue weighted by Gasteiger charge is -2.06. The highest BCUT2D eigenvalue weighted by molar-refractivity contribution is 6.32. The molecule has 0 saturated heterocycles. The zero-order valence-corrected chi connectivity index (χ0v) is 10.3. The Morgan fingerprint density at radius 1 is 1.18 bits per heavy atom. The van der Waals surface area contributed by atoms with Crippen LogP contribution < -0.4 is 10.5 Å². The van der Waals surface area contributed by atoms with Crippen molar-refractivity contribution in [1.82, 2.24) is 15.0 Å². The number of aryl methyl sites for hydroxylation is 1.